The SMILES string of the molecule is COc1ccc(C(C#N)C=O)cc1. The second kappa shape index (κ2) is 4.27. The van der Waals surface area contributed by atoms with Gasteiger partial charge in [0, 0.05) is 0 Å². The van der Waals surface area contributed by atoms with Crippen LogP contribution in [0.25, 0.3) is 0 Å². The van der Waals surface area contributed by atoms with Gasteiger partial charge in [-0.15, -0.1) is 0 Å². The number of methoxy groups -OCH3 is 1. The van der Waals surface area contributed by atoms with Crippen LogP contribution in [0, 0.1) is 11.3 Å². The van der Waals surface area contributed by atoms with Crippen molar-refractivity contribution in [3.8, 4) is 11.8 Å². The topological polar surface area (TPSA) is 50.1 Å². The minimum Gasteiger partial charge on any atom is -0.497 e. The van der Waals surface area contributed by atoms with Gasteiger partial charge in [0.05, 0.1) is 13.2 Å². The summed E-state index contributed by atoms with van der Waals surface area (Å²) in [4.78, 5) is 10.4. The summed E-state index contributed by atoms with van der Waals surface area (Å²) in [7, 11) is 1.57. The normalized spacial score (nSPS) is 11.4. The van der Waals surface area contributed by atoms with Crippen LogP contribution in [0.1, 0.15) is 11.5 Å². The molecule has 0 aromatic heterocycles. The molecule has 0 amide bonds. The number of nitriles is 1. The summed E-state index contributed by atoms with van der Waals surface area (Å²) in [5.41, 5.74) is 0.693. The molecule has 3 nitrogen and oxygen atoms in total. The summed E-state index contributed by atoms with van der Waals surface area (Å²) < 4.78 is 4.94. The van der Waals surface area contributed by atoms with Crippen LogP contribution < -0.4 is 4.74 Å². The van der Waals surface area contributed by atoms with E-state index >= 15 is 0 Å². The number of benzene rings is 1. The molecule has 0 N–H and O–H groups in total. The molecule has 1 aromatic rings. The van der Waals surface area contributed by atoms with E-state index < -0.39 is 5.92 Å². The molecular weight excluding hydrogens is 166 g/mol. The lowest BCUT2D eigenvalue weighted by atomic mass is 10.0. The zero-order chi connectivity index (χ0) is 9.68. The highest BCUT2D eigenvalue weighted by Gasteiger charge is 2.07. The van der Waals surface area contributed by atoms with Gasteiger partial charge in [-0.3, -0.25) is 0 Å². The molecule has 13 heavy (non-hydrogen) atoms. The molecule has 0 saturated carbocycles. The predicted molar refractivity (Wildman–Crippen MR) is 47.4 cm³/mol. The summed E-state index contributed by atoms with van der Waals surface area (Å²) in [6.45, 7) is 0. The molecule has 0 bridgehead atoms. The summed E-state index contributed by atoms with van der Waals surface area (Å²) in [5, 5.41) is 8.59. The molecule has 0 spiro atoms. The maximum atomic E-state index is 10.4. The van der Waals surface area contributed by atoms with Gasteiger partial charge >= 0.3 is 0 Å². The number of carbonyl (C=O) groups is 1. The minimum atomic E-state index is -0.675. The number of aldehydes is 1. The van der Waals surface area contributed by atoms with Crippen LogP contribution >= 0.6 is 0 Å². The molecule has 3 heteroatoms. The average Bonchev–Trinajstić information content (AvgIpc) is 2.21. The van der Waals surface area contributed by atoms with Crippen LogP contribution in [-0.2, 0) is 4.79 Å². The monoisotopic (exact) mass is 175 g/mol. The summed E-state index contributed by atoms with van der Waals surface area (Å²) in [6, 6.07) is 8.77. The maximum absolute atomic E-state index is 10.4. The summed E-state index contributed by atoms with van der Waals surface area (Å²) in [6.07, 6.45) is 0.627. The Morgan fingerprint density at radius 2 is 2.08 bits per heavy atom. The van der Waals surface area contributed by atoms with Crippen molar-refractivity contribution in [2.24, 2.45) is 0 Å². The van der Waals surface area contributed by atoms with Gasteiger partial charge in [-0.05, 0) is 17.7 Å². The molecular formula is C10H9NO2. The third-order valence-corrected chi connectivity index (χ3v) is 1.75. The largest absolute Gasteiger partial charge is 0.497 e. The second-order valence-corrected chi connectivity index (χ2v) is 2.52. The number of carbonyl (C=O) groups excluding carboxylic acids is 1. The van der Waals surface area contributed by atoms with E-state index in [1.165, 1.54) is 0 Å². The highest BCUT2D eigenvalue weighted by Crippen LogP contribution is 2.17. The van der Waals surface area contributed by atoms with Crippen molar-refractivity contribution in [2.45, 2.75) is 5.92 Å². The first-order valence-corrected chi connectivity index (χ1v) is 3.80. The van der Waals surface area contributed by atoms with Crippen LogP contribution in [0.4, 0.5) is 0 Å². The van der Waals surface area contributed by atoms with Crippen LogP contribution in [-0.4, -0.2) is 13.4 Å². The van der Waals surface area contributed by atoms with E-state index in [1.807, 2.05) is 6.07 Å². The number of hydrogen-bond donors (Lipinski definition) is 0. The molecule has 1 unspecified atom stereocenters. The van der Waals surface area contributed by atoms with Gasteiger partial charge in [-0.1, -0.05) is 12.1 Å². The van der Waals surface area contributed by atoms with E-state index in [2.05, 4.69) is 0 Å². The average molecular weight is 175 g/mol. The lowest BCUT2D eigenvalue weighted by Crippen LogP contribution is -1.96. The van der Waals surface area contributed by atoms with Crippen molar-refractivity contribution in [1.82, 2.24) is 0 Å². The van der Waals surface area contributed by atoms with Crippen LogP contribution in [0.2, 0.25) is 0 Å². The smallest absolute Gasteiger partial charge is 0.141 e. The quantitative estimate of drug-likeness (QED) is 0.654. The predicted octanol–water partition coefficient (Wildman–Crippen LogP) is 1.50. The van der Waals surface area contributed by atoms with E-state index in [4.69, 9.17) is 10.00 Å². The summed E-state index contributed by atoms with van der Waals surface area (Å²) in [5.74, 6) is 0.0391. The van der Waals surface area contributed by atoms with Crippen molar-refractivity contribution >= 4 is 6.29 Å². The van der Waals surface area contributed by atoms with Crippen molar-refractivity contribution in [3.63, 3.8) is 0 Å². The van der Waals surface area contributed by atoms with Crippen molar-refractivity contribution < 1.29 is 9.53 Å². The van der Waals surface area contributed by atoms with E-state index in [9.17, 15) is 4.79 Å². The lowest BCUT2D eigenvalue weighted by molar-refractivity contribution is -0.108. The molecule has 0 saturated heterocycles. The first kappa shape index (κ1) is 9.27. The Morgan fingerprint density at radius 3 is 2.46 bits per heavy atom. The third-order valence-electron chi connectivity index (χ3n) is 1.75. The van der Waals surface area contributed by atoms with Gasteiger partial charge in [0.1, 0.15) is 18.0 Å². The number of hydrogen-bond acceptors (Lipinski definition) is 3. The first-order chi connectivity index (χ1) is 6.31. The fourth-order valence-electron chi connectivity index (χ4n) is 0.995. The van der Waals surface area contributed by atoms with E-state index in [-0.39, 0.29) is 0 Å². The molecule has 0 fully saturated rings. The Kier molecular flexibility index (Phi) is 3.04. The van der Waals surface area contributed by atoms with E-state index in [0.717, 1.165) is 0 Å². The van der Waals surface area contributed by atoms with Gasteiger partial charge in [0.2, 0.25) is 0 Å². The third kappa shape index (κ3) is 2.06. The van der Waals surface area contributed by atoms with Crippen LogP contribution in [0.5, 0.6) is 5.75 Å². The van der Waals surface area contributed by atoms with Gasteiger partial charge in [-0.25, -0.2) is 0 Å². The highest BCUT2D eigenvalue weighted by molar-refractivity contribution is 5.66. The Balaban J connectivity index is 2.92. The van der Waals surface area contributed by atoms with Crippen molar-refractivity contribution in [3.05, 3.63) is 29.8 Å². The maximum Gasteiger partial charge on any atom is 0.141 e. The van der Waals surface area contributed by atoms with E-state index in [1.54, 1.807) is 31.4 Å². The Hall–Kier alpha value is -1.82. The standard InChI is InChI=1S/C10H9NO2/c1-13-10-4-2-8(3-5-10)9(6-11)7-12/h2-5,7,9H,1H3. The number of rotatable bonds is 3. The van der Waals surface area contributed by atoms with Crippen molar-refractivity contribution in [2.75, 3.05) is 7.11 Å². The Bertz CT molecular complexity index is 324. The molecule has 66 valence electrons. The zero-order valence-corrected chi connectivity index (χ0v) is 7.23. The molecule has 0 aliphatic rings. The summed E-state index contributed by atoms with van der Waals surface area (Å²) >= 11 is 0. The Morgan fingerprint density at radius 1 is 1.46 bits per heavy atom. The van der Waals surface area contributed by atoms with Gasteiger partial charge in [-0.2, -0.15) is 5.26 Å². The van der Waals surface area contributed by atoms with Crippen LogP contribution in [0.3, 0.4) is 0 Å². The molecule has 0 aliphatic carbocycles. The van der Waals surface area contributed by atoms with Crippen LogP contribution in [0.15, 0.2) is 24.3 Å². The lowest BCUT2D eigenvalue weighted by Gasteiger charge is -2.02. The fourth-order valence-corrected chi connectivity index (χ4v) is 0.995. The van der Waals surface area contributed by atoms with E-state index in [0.29, 0.717) is 17.6 Å². The van der Waals surface area contributed by atoms with Gasteiger partial charge < -0.3 is 9.53 Å². The molecule has 0 radical (unpaired) electrons. The molecule has 1 aromatic carbocycles. The molecule has 1 rings (SSSR count). The number of ether oxygens (including phenoxy) is 1. The fraction of sp³-hybridized carbons (Fsp3) is 0.200. The second-order valence-electron chi connectivity index (χ2n) is 2.52. The van der Waals surface area contributed by atoms with Gasteiger partial charge in [0.25, 0.3) is 0 Å². The zero-order valence-electron chi connectivity index (χ0n) is 7.23. The van der Waals surface area contributed by atoms with Gasteiger partial charge in [0.15, 0.2) is 0 Å². The molecule has 1 atom stereocenters. The Labute approximate surface area is 76.6 Å². The minimum absolute atomic E-state index is 0.627. The van der Waals surface area contributed by atoms with Crippen molar-refractivity contribution in [1.29, 1.82) is 5.26 Å². The highest BCUT2D eigenvalue weighted by atomic mass is 16.5. The molecule has 0 heterocycles. The number of nitrogens with zero attached hydrogens (tertiary/aromatic N) is 1. The molecule has 0 aliphatic heterocycles. The first-order valence-electron chi connectivity index (χ1n) is 3.80.